The van der Waals surface area contributed by atoms with Crippen molar-refractivity contribution in [3.05, 3.63) is 29.3 Å². The maximum absolute atomic E-state index is 12.8. The molecule has 1 aliphatic heterocycles. The van der Waals surface area contributed by atoms with Gasteiger partial charge >= 0.3 is 0 Å². The fraction of sp³-hybridized carbons (Fsp3) is 0.462. The van der Waals surface area contributed by atoms with Gasteiger partial charge in [0.25, 0.3) is 0 Å². The number of rotatable bonds is 3. The zero-order chi connectivity index (χ0) is 13.9. The van der Waals surface area contributed by atoms with Gasteiger partial charge in [0.05, 0.1) is 18.1 Å². The molecule has 7 heteroatoms. The van der Waals surface area contributed by atoms with Gasteiger partial charge in [0.2, 0.25) is 5.95 Å². The fourth-order valence-electron chi connectivity index (χ4n) is 2.29. The molecule has 0 bridgehead atoms. The molecular weight excluding hydrogens is 277 g/mol. The third-order valence-electron chi connectivity index (χ3n) is 3.33. The number of halogens is 1. The molecule has 1 N–H and O–H groups in total. The smallest absolute Gasteiger partial charge is 0.225 e. The third-order valence-corrected chi connectivity index (χ3v) is 4.22. The van der Waals surface area contributed by atoms with E-state index >= 15 is 0 Å². The Morgan fingerprint density at radius 3 is 2.60 bits per heavy atom. The number of piperidine rings is 1. The van der Waals surface area contributed by atoms with E-state index in [2.05, 4.69) is 25.2 Å². The Hall–Kier alpha value is -1.76. The summed E-state index contributed by atoms with van der Waals surface area (Å²) >= 11 is 1.64. The highest BCUT2D eigenvalue weighted by Crippen LogP contribution is 2.21. The van der Waals surface area contributed by atoms with Crippen LogP contribution in [-0.2, 0) is 0 Å². The van der Waals surface area contributed by atoms with Gasteiger partial charge < -0.3 is 10.2 Å². The quantitative estimate of drug-likeness (QED) is 0.942. The van der Waals surface area contributed by atoms with Gasteiger partial charge in [-0.3, -0.25) is 0 Å². The van der Waals surface area contributed by atoms with Crippen LogP contribution in [0.5, 0.6) is 0 Å². The number of anilines is 2. The number of thiazole rings is 1. The van der Waals surface area contributed by atoms with E-state index in [0.29, 0.717) is 12.0 Å². The van der Waals surface area contributed by atoms with Crippen molar-refractivity contribution in [3.8, 4) is 0 Å². The molecule has 0 aromatic carbocycles. The van der Waals surface area contributed by atoms with Crippen LogP contribution in [0.3, 0.4) is 0 Å². The predicted molar refractivity (Wildman–Crippen MR) is 77.7 cm³/mol. The molecule has 0 amide bonds. The second-order valence-corrected chi connectivity index (χ2v) is 5.76. The Morgan fingerprint density at radius 1 is 1.30 bits per heavy atom. The molecule has 2 aromatic heterocycles. The van der Waals surface area contributed by atoms with Crippen LogP contribution in [-0.4, -0.2) is 34.1 Å². The summed E-state index contributed by atoms with van der Waals surface area (Å²) in [5, 5.41) is 6.49. The fourth-order valence-corrected chi connectivity index (χ4v) is 3.05. The first-order valence-corrected chi connectivity index (χ1v) is 7.50. The highest BCUT2D eigenvalue weighted by Gasteiger charge is 2.21. The Labute approximate surface area is 120 Å². The molecule has 3 rings (SSSR count). The van der Waals surface area contributed by atoms with Crippen LogP contribution in [0.1, 0.15) is 18.5 Å². The molecule has 3 heterocycles. The minimum atomic E-state index is -0.399. The van der Waals surface area contributed by atoms with Gasteiger partial charge in [-0.2, -0.15) is 0 Å². The summed E-state index contributed by atoms with van der Waals surface area (Å²) in [6.07, 6.45) is 4.43. The third kappa shape index (κ3) is 3.04. The topological polar surface area (TPSA) is 53.9 Å². The molecule has 0 saturated carbocycles. The minimum Gasteiger partial charge on any atom is -0.359 e. The van der Waals surface area contributed by atoms with E-state index in [9.17, 15) is 4.39 Å². The molecule has 0 spiro atoms. The maximum Gasteiger partial charge on any atom is 0.225 e. The summed E-state index contributed by atoms with van der Waals surface area (Å²) in [5.41, 5.74) is 1.05. The van der Waals surface area contributed by atoms with Gasteiger partial charge in [0, 0.05) is 24.5 Å². The van der Waals surface area contributed by atoms with Crippen molar-refractivity contribution in [2.45, 2.75) is 25.8 Å². The summed E-state index contributed by atoms with van der Waals surface area (Å²) in [4.78, 5) is 14.6. The first-order chi connectivity index (χ1) is 9.70. The number of nitrogens with one attached hydrogen (secondary N) is 1. The molecule has 2 aromatic rings. The van der Waals surface area contributed by atoms with Gasteiger partial charge in [-0.05, 0) is 19.8 Å². The van der Waals surface area contributed by atoms with E-state index < -0.39 is 5.82 Å². The highest BCUT2D eigenvalue weighted by atomic mass is 32.1. The molecule has 1 fully saturated rings. The Morgan fingerprint density at radius 2 is 2.00 bits per heavy atom. The molecule has 1 aliphatic rings. The number of hydrogen-bond acceptors (Lipinski definition) is 6. The summed E-state index contributed by atoms with van der Waals surface area (Å²) < 4.78 is 12.8. The normalized spacial score (nSPS) is 16.4. The lowest BCUT2D eigenvalue weighted by Gasteiger charge is -2.32. The SMILES string of the molecule is Cc1csc(NC2CCN(c3ncc(F)cn3)CC2)n1. The molecule has 0 unspecified atom stereocenters. The molecule has 106 valence electrons. The van der Waals surface area contributed by atoms with Crippen molar-refractivity contribution in [1.82, 2.24) is 15.0 Å². The van der Waals surface area contributed by atoms with E-state index in [0.717, 1.165) is 36.8 Å². The van der Waals surface area contributed by atoms with Crippen molar-refractivity contribution in [2.75, 3.05) is 23.3 Å². The van der Waals surface area contributed by atoms with Gasteiger partial charge in [-0.15, -0.1) is 11.3 Å². The predicted octanol–water partition coefficient (Wildman–Crippen LogP) is 2.46. The zero-order valence-electron chi connectivity index (χ0n) is 11.2. The highest BCUT2D eigenvalue weighted by molar-refractivity contribution is 7.13. The second kappa shape index (κ2) is 5.70. The van der Waals surface area contributed by atoms with Gasteiger partial charge in [0.15, 0.2) is 10.9 Å². The Bertz CT molecular complexity index is 562. The first-order valence-electron chi connectivity index (χ1n) is 6.62. The number of nitrogens with zero attached hydrogens (tertiary/aromatic N) is 4. The average Bonchev–Trinajstić information content (AvgIpc) is 2.86. The molecular formula is C13H16FN5S. The lowest BCUT2D eigenvalue weighted by Crippen LogP contribution is -2.39. The monoisotopic (exact) mass is 293 g/mol. The zero-order valence-corrected chi connectivity index (χ0v) is 12.0. The summed E-state index contributed by atoms with van der Waals surface area (Å²) in [7, 11) is 0. The molecule has 20 heavy (non-hydrogen) atoms. The van der Waals surface area contributed by atoms with E-state index in [4.69, 9.17) is 0 Å². The van der Waals surface area contributed by atoms with Gasteiger partial charge in [0.1, 0.15) is 0 Å². The molecule has 0 aliphatic carbocycles. The Kier molecular flexibility index (Phi) is 3.77. The largest absolute Gasteiger partial charge is 0.359 e. The lowest BCUT2D eigenvalue weighted by molar-refractivity contribution is 0.517. The van der Waals surface area contributed by atoms with Crippen molar-refractivity contribution in [2.24, 2.45) is 0 Å². The first kappa shape index (κ1) is 13.2. The van der Waals surface area contributed by atoms with Crippen LogP contribution < -0.4 is 10.2 Å². The number of hydrogen-bond donors (Lipinski definition) is 1. The minimum absolute atomic E-state index is 0.399. The van der Waals surface area contributed by atoms with Crippen molar-refractivity contribution in [1.29, 1.82) is 0 Å². The van der Waals surface area contributed by atoms with E-state index in [1.165, 1.54) is 12.4 Å². The van der Waals surface area contributed by atoms with Crippen LogP contribution in [0.2, 0.25) is 0 Å². The van der Waals surface area contributed by atoms with Crippen LogP contribution in [0, 0.1) is 12.7 Å². The van der Waals surface area contributed by atoms with E-state index in [-0.39, 0.29) is 0 Å². The van der Waals surface area contributed by atoms with Crippen LogP contribution >= 0.6 is 11.3 Å². The molecule has 0 radical (unpaired) electrons. The van der Waals surface area contributed by atoms with E-state index in [1.54, 1.807) is 11.3 Å². The lowest BCUT2D eigenvalue weighted by atomic mass is 10.1. The van der Waals surface area contributed by atoms with Crippen molar-refractivity contribution < 1.29 is 4.39 Å². The second-order valence-electron chi connectivity index (χ2n) is 4.90. The van der Waals surface area contributed by atoms with Crippen molar-refractivity contribution >= 4 is 22.4 Å². The van der Waals surface area contributed by atoms with Gasteiger partial charge in [-0.25, -0.2) is 19.3 Å². The number of aryl methyl sites for hydroxylation is 1. The Balaban J connectivity index is 1.55. The summed E-state index contributed by atoms with van der Waals surface area (Å²) in [6.45, 7) is 3.73. The average molecular weight is 293 g/mol. The van der Waals surface area contributed by atoms with Gasteiger partial charge in [-0.1, -0.05) is 0 Å². The van der Waals surface area contributed by atoms with Crippen LogP contribution in [0.25, 0.3) is 0 Å². The standard InChI is InChI=1S/C13H16FN5S/c1-9-8-20-13(17-9)18-11-2-4-19(5-3-11)12-15-6-10(14)7-16-12/h6-8,11H,2-5H2,1H3,(H,17,18). The van der Waals surface area contributed by atoms with Crippen LogP contribution in [0.15, 0.2) is 17.8 Å². The van der Waals surface area contributed by atoms with Crippen molar-refractivity contribution in [3.63, 3.8) is 0 Å². The maximum atomic E-state index is 12.8. The summed E-state index contributed by atoms with van der Waals surface area (Å²) in [5.74, 6) is 0.208. The molecule has 0 atom stereocenters. The van der Waals surface area contributed by atoms with E-state index in [1.807, 2.05) is 12.3 Å². The molecule has 5 nitrogen and oxygen atoms in total. The molecule has 1 saturated heterocycles. The summed E-state index contributed by atoms with van der Waals surface area (Å²) in [6, 6.07) is 0.428. The number of aromatic nitrogens is 3. The van der Waals surface area contributed by atoms with Crippen LogP contribution in [0.4, 0.5) is 15.5 Å².